The van der Waals surface area contributed by atoms with Gasteiger partial charge in [-0.15, -0.1) is 0 Å². The molecule has 0 amide bonds. The van der Waals surface area contributed by atoms with Gasteiger partial charge in [-0.3, -0.25) is 0 Å². The lowest BCUT2D eigenvalue weighted by Gasteiger charge is -2.38. The quantitative estimate of drug-likeness (QED) is 0.834. The first-order chi connectivity index (χ1) is 9.94. The highest BCUT2D eigenvalue weighted by Gasteiger charge is 2.40. The predicted molar refractivity (Wildman–Crippen MR) is 90.4 cm³/mol. The standard InChI is InChI=1S/C18H24O2Si/c1-14(19)17(20)18(15-10-6-4-7-11-15)21(2,3)16-12-8-5-9-13-16/h4-14,17-20H,1-3H3/t14-,17+,18-/m0/s1. The van der Waals surface area contributed by atoms with Crippen LogP contribution in [0, 0.1) is 0 Å². The summed E-state index contributed by atoms with van der Waals surface area (Å²) in [5.74, 6) is 0. The summed E-state index contributed by atoms with van der Waals surface area (Å²) in [5.41, 5.74) is 1.06. The molecule has 0 unspecified atom stereocenters. The minimum absolute atomic E-state index is 0.0406. The molecule has 2 N–H and O–H groups in total. The average molecular weight is 300 g/mol. The van der Waals surface area contributed by atoms with Crippen LogP contribution in [0.2, 0.25) is 13.1 Å². The van der Waals surface area contributed by atoms with Gasteiger partial charge in [0.1, 0.15) is 0 Å². The van der Waals surface area contributed by atoms with E-state index < -0.39 is 20.3 Å². The summed E-state index contributed by atoms with van der Waals surface area (Å²) >= 11 is 0. The molecule has 2 aromatic carbocycles. The van der Waals surface area contributed by atoms with Crippen molar-refractivity contribution in [3.8, 4) is 0 Å². The van der Waals surface area contributed by atoms with Crippen molar-refractivity contribution in [3.63, 3.8) is 0 Å². The number of hydrogen-bond acceptors (Lipinski definition) is 2. The maximum absolute atomic E-state index is 10.6. The van der Waals surface area contributed by atoms with Gasteiger partial charge in [-0.05, 0) is 12.5 Å². The second kappa shape index (κ2) is 6.56. The summed E-state index contributed by atoms with van der Waals surface area (Å²) in [5, 5.41) is 21.8. The molecule has 2 aromatic rings. The Morgan fingerprint density at radius 1 is 0.810 bits per heavy atom. The Hall–Kier alpha value is -1.42. The van der Waals surface area contributed by atoms with E-state index in [0.29, 0.717) is 0 Å². The Kier molecular flexibility index (Phi) is 4.98. The molecule has 2 nitrogen and oxygen atoms in total. The van der Waals surface area contributed by atoms with Gasteiger partial charge in [0, 0.05) is 5.54 Å². The SMILES string of the molecule is C[C@H](O)[C@@H](O)[C@H](c1ccccc1)[Si](C)(C)c1ccccc1. The molecular weight excluding hydrogens is 276 g/mol. The number of aliphatic hydroxyl groups is 2. The van der Waals surface area contributed by atoms with Crippen molar-refractivity contribution in [2.24, 2.45) is 0 Å². The molecule has 0 aromatic heterocycles. The fraction of sp³-hybridized carbons (Fsp3) is 0.333. The van der Waals surface area contributed by atoms with Crippen molar-refractivity contribution >= 4 is 13.3 Å². The molecule has 0 aliphatic rings. The maximum Gasteiger partial charge on any atom is 0.0911 e. The van der Waals surface area contributed by atoms with Gasteiger partial charge < -0.3 is 10.2 Å². The largest absolute Gasteiger partial charge is 0.391 e. The monoisotopic (exact) mass is 300 g/mol. The van der Waals surface area contributed by atoms with Crippen molar-refractivity contribution in [2.45, 2.75) is 37.8 Å². The third-order valence-corrected chi connectivity index (χ3v) is 8.34. The van der Waals surface area contributed by atoms with E-state index in [1.54, 1.807) is 6.92 Å². The van der Waals surface area contributed by atoms with Gasteiger partial charge in [-0.25, -0.2) is 0 Å². The van der Waals surface area contributed by atoms with Gasteiger partial charge in [-0.1, -0.05) is 78.9 Å². The van der Waals surface area contributed by atoms with E-state index in [4.69, 9.17) is 0 Å². The fourth-order valence-electron chi connectivity index (χ4n) is 3.03. The summed E-state index contributed by atoms with van der Waals surface area (Å²) in [4.78, 5) is 0. The Morgan fingerprint density at radius 3 is 1.76 bits per heavy atom. The zero-order chi connectivity index (χ0) is 15.5. The van der Waals surface area contributed by atoms with Crippen molar-refractivity contribution in [2.75, 3.05) is 0 Å². The zero-order valence-electron chi connectivity index (χ0n) is 12.9. The molecule has 3 atom stereocenters. The summed E-state index contributed by atoms with van der Waals surface area (Å²) in [7, 11) is -1.99. The second-order valence-electron chi connectivity index (χ2n) is 6.21. The molecule has 0 bridgehead atoms. The molecule has 21 heavy (non-hydrogen) atoms. The van der Waals surface area contributed by atoms with Gasteiger partial charge >= 0.3 is 0 Å². The van der Waals surface area contributed by atoms with Crippen molar-refractivity contribution < 1.29 is 10.2 Å². The third-order valence-electron chi connectivity index (χ3n) is 4.29. The number of hydrogen-bond donors (Lipinski definition) is 2. The van der Waals surface area contributed by atoms with Crippen LogP contribution in [-0.4, -0.2) is 30.5 Å². The maximum atomic E-state index is 10.6. The fourth-order valence-corrected chi connectivity index (χ4v) is 6.60. The summed E-state index contributed by atoms with van der Waals surface area (Å²) < 4.78 is 0. The van der Waals surface area contributed by atoms with Gasteiger partial charge in [-0.2, -0.15) is 0 Å². The van der Waals surface area contributed by atoms with E-state index in [9.17, 15) is 10.2 Å². The molecule has 3 heteroatoms. The first kappa shape index (κ1) is 16.0. The van der Waals surface area contributed by atoms with E-state index in [1.807, 2.05) is 48.5 Å². The molecule has 112 valence electrons. The lowest BCUT2D eigenvalue weighted by molar-refractivity contribution is 0.0268. The van der Waals surface area contributed by atoms with Crippen LogP contribution < -0.4 is 5.19 Å². The van der Waals surface area contributed by atoms with E-state index in [-0.39, 0.29) is 5.54 Å². The second-order valence-corrected chi connectivity index (χ2v) is 10.8. The lowest BCUT2D eigenvalue weighted by atomic mass is 10.0. The van der Waals surface area contributed by atoms with Crippen LogP contribution in [-0.2, 0) is 0 Å². The summed E-state index contributed by atoms with van der Waals surface area (Å²) in [6.07, 6.45) is -1.50. The van der Waals surface area contributed by atoms with Gasteiger partial charge in [0.15, 0.2) is 0 Å². The van der Waals surface area contributed by atoms with E-state index in [0.717, 1.165) is 5.56 Å². The number of aliphatic hydroxyl groups excluding tert-OH is 2. The predicted octanol–water partition coefficient (Wildman–Crippen LogP) is 2.67. The Labute approximate surface area is 128 Å². The van der Waals surface area contributed by atoms with Gasteiger partial charge in [0.2, 0.25) is 0 Å². The van der Waals surface area contributed by atoms with Gasteiger partial charge in [0.25, 0.3) is 0 Å². The lowest BCUT2D eigenvalue weighted by Crippen LogP contribution is -2.53. The van der Waals surface area contributed by atoms with Crippen LogP contribution in [0.5, 0.6) is 0 Å². The minimum Gasteiger partial charge on any atom is -0.391 e. The first-order valence-corrected chi connectivity index (χ1v) is 10.5. The molecule has 0 aliphatic carbocycles. The zero-order valence-corrected chi connectivity index (χ0v) is 13.9. The highest BCUT2D eigenvalue weighted by Crippen LogP contribution is 2.31. The van der Waals surface area contributed by atoms with Crippen LogP contribution in [0.15, 0.2) is 60.7 Å². The van der Waals surface area contributed by atoms with Crippen LogP contribution in [0.4, 0.5) is 0 Å². The van der Waals surface area contributed by atoms with Crippen molar-refractivity contribution in [1.82, 2.24) is 0 Å². The summed E-state index contributed by atoms with van der Waals surface area (Å²) in [6, 6.07) is 20.4. The molecule has 0 saturated heterocycles. The Balaban J connectivity index is 2.49. The van der Waals surface area contributed by atoms with E-state index in [1.165, 1.54) is 5.19 Å². The average Bonchev–Trinajstić information content (AvgIpc) is 2.49. The van der Waals surface area contributed by atoms with Crippen molar-refractivity contribution in [3.05, 3.63) is 66.2 Å². The molecule has 0 saturated carbocycles. The Bertz CT molecular complexity index is 552. The highest BCUT2D eigenvalue weighted by molar-refractivity contribution is 6.91. The van der Waals surface area contributed by atoms with Crippen LogP contribution in [0.1, 0.15) is 18.0 Å². The van der Waals surface area contributed by atoms with Crippen LogP contribution in [0.3, 0.4) is 0 Å². The molecule has 0 radical (unpaired) electrons. The molecule has 0 heterocycles. The molecule has 2 rings (SSSR count). The molecule has 0 aliphatic heterocycles. The molecular formula is C18H24O2Si. The van der Waals surface area contributed by atoms with E-state index >= 15 is 0 Å². The Morgan fingerprint density at radius 2 is 1.29 bits per heavy atom. The van der Waals surface area contributed by atoms with Crippen LogP contribution >= 0.6 is 0 Å². The molecule has 0 fully saturated rings. The first-order valence-electron chi connectivity index (χ1n) is 7.41. The minimum atomic E-state index is -1.99. The van der Waals surface area contributed by atoms with Crippen LogP contribution in [0.25, 0.3) is 0 Å². The summed E-state index contributed by atoms with van der Waals surface area (Å²) in [6.45, 7) is 6.17. The van der Waals surface area contributed by atoms with Gasteiger partial charge in [0.05, 0.1) is 20.3 Å². The topological polar surface area (TPSA) is 40.5 Å². The number of benzene rings is 2. The highest BCUT2D eigenvalue weighted by atomic mass is 28.3. The normalized spacial score (nSPS) is 16.2. The molecule has 0 spiro atoms. The van der Waals surface area contributed by atoms with E-state index in [2.05, 4.69) is 25.2 Å². The third kappa shape index (κ3) is 3.43. The smallest absolute Gasteiger partial charge is 0.0911 e. The van der Waals surface area contributed by atoms with Crippen molar-refractivity contribution in [1.29, 1.82) is 0 Å². The number of rotatable bonds is 5.